The summed E-state index contributed by atoms with van der Waals surface area (Å²) < 4.78 is 7.47. The van der Waals surface area contributed by atoms with Crippen molar-refractivity contribution in [3.8, 4) is 5.75 Å². The molecule has 0 aromatic heterocycles. The predicted octanol–water partition coefficient (Wildman–Crippen LogP) is 4.60. The molecule has 24 heavy (non-hydrogen) atoms. The number of carbonyl (C=O) groups is 2. The molecule has 124 valence electrons. The van der Waals surface area contributed by atoms with E-state index in [0.29, 0.717) is 24.4 Å². The van der Waals surface area contributed by atoms with Crippen molar-refractivity contribution in [3.05, 3.63) is 57.0 Å². The molecule has 0 fully saturated rings. The number of benzene rings is 2. The number of rotatable bonds is 6. The Hall–Kier alpha value is -1.66. The van der Waals surface area contributed by atoms with Crippen LogP contribution in [0.15, 0.2) is 51.4 Å². The molecule has 1 aliphatic heterocycles. The zero-order chi connectivity index (χ0) is 17.1. The highest BCUT2D eigenvalue weighted by Gasteiger charge is 2.35. The Morgan fingerprint density at radius 2 is 1.62 bits per heavy atom. The molecule has 0 saturated carbocycles. The van der Waals surface area contributed by atoms with Crippen molar-refractivity contribution in [2.24, 2.45) is 0 Å². The summed E-state index contributed by atoms with van der Waals surface area (Å²) in [6, 6.07) is 13.0. The van der Waals surface area contributed by atoms with Gasteiger partial charge in [0.15, 0.2) is 0 Å². The van der Waals surface area contributed by atoms with Crippen LogP contribution in [0, 0.1) is 0 Å². The van der Waals surface area contributed by atoms with Gasteiger partial charge in [-0.2, -0.15) is 0 Å². The van der Waals surface area contributed by atoms with Crippen LogP contribution in [0.25, 0.3) is 0 Å². The number of hydrogen-bond donors (Lipinski definition) is 0. The molecule has 0 bridgehead atoms. The first-order valence-electron chi connectivity index (χ1n) is 7.60. The topological polar surface area (TPSA) is 46.6 Å². The van der Waals surface area contributed by atoms with E-state index in [4.69, 9.17) is 4.74 Å². The first kappa shape index (κ1) is 17.2. The molecule has 0 atom stereocenters. The molecule has 1 amide bonds. The summed E-state index contributed by atoms with van der Waals surface area (Å²) >= 11 is 6.71. The number of unbranched alkanes of at least 4 members (excludes halogenated alkanes) is 1. The van der Waals surface area contributed by atoms with Gasteiger partial charge < -0.3 is 9.64 Å². The van der Waals surface area contributed by atoms with Crippen LogP contribution in [0.1, 0.15) is 23.2 Å². The number of anilines is 1. The Labute approximate surface area is 157 Å². The third kappa shape index (κ3) is 3.70. The Morgan fingerprint density at radius 3 is 2.38 bits per heavy atom. The summed E-state index contributed by atoms with van der Waals surface area (Å²) in [5.74, 6) is -0.0600. The third-order valence-corrected chi connectivity index (χ3v) is 4.81. The van der Waals surface area contributed by atoms with Crippen LogP contribution in [0.4, 0.5) is 5.69 Å². The number of nitrogens with zero attached hydrogens (tertiary/aromatic N) is 1. The monoisotopic (exact) mass is 451 g/mol. The summed E-state index contributed by atoms with van der Waals surface area (Å²) in [7, 11) is 0. The Kier molecular flexibility index (Phi) is 5.36. The highest BCUT2D eigenvalue weighted by atomic mass is 79.9. The second-order valence-corrected chi connectivity index (χ2v) is 7.29. The van der Waals surface area contributed by atoms with Crippen LogP contribution >= 0.6 is 31.9 Å². The zero-order valence-electron chi connectivity index (χ0n) is 12.8. The molecular weight excluding hydrogens is 438 g/mol. The van der Waals surface area contributed by atoms with Gasteiger partial charge in [-0.15, -0.1) is 0 Å². The number of halogens is 2. The lowest BCUT2D eigenvalue weighted by atomic mass is 10.1. The van der Waals surface area contributed by atoms with Crippen LogP contribution in [-0.4, -0.2) is 24.8 Å². The predicted molar refractivity (Wildman–Crippen MR) is 99.7 cm³/mol. The van der Waals surface area contributed by atoms with E-state index in [1.165, 1.54) is 0 Å². The van der Waals surface area contributed by atoms with Crippen LogP contribution in [0.2, 0.25) is 0 Å². The Balaban J connectivity index is 1.51. The smallest absolute Gasteiger partial charge is 0.299 e. The molecule has 3 rings (SSSR count). The van der Waals surface area contributed by atoms with Gasteiger partial charge in [0, 0.05) is 15.5 Å². The van der Waals surface area contributed by atoms with Crippen molar-refractivity contribution in [2.45, 2.75) is 12.8 Å². The minimum atomic E-state index is -0.447. The van der Waals surface area contributed by atoms with E-state index in [1.807, 2.05) is 30.3 Å². The fourth-order valence-electron chi connectivity index (χ4n) is 2.59. The lowest BCUT2D eigenvalue weighted by Gasteiger charge is -2.16. The molecule has 4 nitrogen and oxygen atoms in total. The number of amides is 1. The lowest BCUT2D eigenvalue weighted by molar-refractivity contribution is -0.114. The van der Waals surface area contributed by atoms with E-state index < -0.39 is 11.7 Å². The molecule has 1 aliphatic rings. The van der Waals surface area contributed by atoms with E-state index in [9.17, 15) is 9.59 Å². The van der Waals surface area contributed by atoms with Crippen molar-refractivity contribution < 1.29 is 14.3 Å². The largest absolute Gasteiger partial charge is 0.494 e. The highest BCUT2D eigenvalue weighted by Crippen LogP contribution is 2.31. The molecule has 6 heteroatoms. The summed E-state index contributed by atoms with van der Waals surface area (Å²) in [5.41, 5.74) is 1.17. The Morgan fingerprint density at radius 1 is 0.917 bits per heavy atom. The van der Waals surface area contributed by atoms with Gasteiger partial charge in [-0.25, -0.2) is 0 Å². The molecule has 0 N–H and O–H groups in total. The quantitative estimate of drug-likeness (QED) is 0.475. The van der Waals surface area contributed by atoms with Crippen LogP contribution in [-0.2, 0) is 4.79 Å². The first-order valence-corrected chi connectivity index (χ1v) is 9.19. The molecule has 2 aromatic carbocycles. The summed E-state index contributed by atoms with van der Waals surface area (Å²) in [4.78, 5) is 25.7. The number of ketones is 1. The lowest BCUT2D eigenvalue weighted by Crippen LogP contribution is -2.30. The first-order chi connectivity index (χ1) is 11.6. The summed E-state index contributed by atoms with van der Waals surface area (Å²) in [5, 5.41) is 0. The van der Waals surface area contributed by atoms with Gasteiger partial charge in [-0.05, 0) is 55.3 Å². The molecule has 2 aromatic rings. The second-order valence-electron chi connectivity index (χ2n) is 5.46. The molecule has 0 unspecified atom stereocenters. The summed E-state index contributed by atoms with van der Waals surface area (Å²) in [6.45, 7) is 1.09. The van der Waals surface area contributed by atoms with Gasteiger partial charge in [0.05, 0.1) is 17.9 Å². The zero-order valence-corrected chi connectivity index (χ0v) is 16.0. The molecule has 0 radical (unpaired) electrons. The minimum absolute atomic E-state index is 0.433. The number of hydrogen-bond acceptors (Lipinski definition) is 3. The normalized spacial score (nSPS) is 13.3. The SMILES string of the molecule is O=C1C(=O)N(CCCCOc2ccc(Br)cc2)c2ccc(Br)cc21. The van der Waals surface area contributed by atoms with Gasteiger partial charge in [-0.1, -0.05) is 31.9 Å². The summed E-state index contributed by atoms with van der Waals surface area (Å²) in [6.07, 6.45) is 1.57. The minimum Gasteiger partial charge on any atom is -0.494 e. The van der Waals surface area contributed by atoms with Gasteiger partial charge in [0.1, 0.15) is 5.75 Å². The van der Waals surface area contributed by atoms with Crippen molar-refractivity contribution in [1.82, 2.24) is 0 Å². The fraction of sp³-hybridized carbons (Fsp3) is 0.222. The molecule has 0 saturated heterocycles. The van der Waals surface area contributed by atoms with Gasteiger partial charge >= 0.3 is 0 Å². The van der Waals surface area contributed by atoms with E-state index in [0.717, 1.165) is 27.5 Å². The van der Waals surface area contributed by atoms with E-state index >= 15 is 0 Å². The van der Waals surface area contributed by atoms with Crippen LogP contribution in [0.5, 0.6) is 5.75 Å². The van der Waals surface area contributed by atoms with Gasteiger partial charge in [0.2, 0.25) is 0 Å². The van der Waals surface area contributed by atoms with E-state index in [1.54, 1.807) is 17.0 Å². The van der Waals surface area contributed by atoms with Crippen molar-refractivity contribution in [2.75, 3.05) is 18.1 Å². The average molecular weight is 453 g/mol. The highest BCUT2D eigenvalue weighted by molar-refractivity contribution is 9.10. The third-order valence-electron chi connectivity index (χ3n) is 3.79. The maximum absolute atomic E-state index is 12.1. The number of ether oxygens (including phenoxy) is 1. The fourth-order valence-corrected chi connectivity index (χ4v) is 3.21. The number of carbonyl (C=O) groups excluding carboxylic acids is 2. The van der Waals surface area contributed by atoms with Crippen molar-refractivity contribution >= 4 is 49.2 Å². The van der Waals surface area contributed by atoms with E-state index in [2.05, 4.69) is 31.9 Å². The molecular formula is C18H15Br2NO3. The number of Topliss-reactive ketones (excluding diaryl/α,β-unsaturated/α-hetero) is 1. The molecule has 1 heterocycles. The number of fused-ring (bicyclic) bond motifs is 1. The van der Waals surface area contributed by atoms with Gasteiger partial charge in [-0.3, -0.25) is 9.59 Å². The standard InChI is InChI=1S/C18H15Br2NO3/c19-12-3-6-14(7-4-12)24-10-2-1-9-21-16-8-5-13(20)11-15(16)17(22)18(21)23/h3-8,11H,1-2,9-10H2. The average Bonchev–Trinajstić information content (AvgIpc) is 2.81. The molecule has 0 spiro atoms. The molecule has 0 aliphatic carbocycles. The van der Waals surface area contributed by atoms with Gasteiger partial charge in [0.25, 0.3) is 11.7 Å². The van der Waals surface area contributed by atoms with E-state index in [-0.39, 0.29) is 0 Å². The van der Waals surface area contributed by atoms with Crippen LogP contribution < -0.4 is 9.64 Å². The maximum atomic E-state index is 12.1. The Bertz CT molecular complexity index is 774. The van der Waals surface area contributed by atoms with Crippen molar-refractivity contribution in [3.63, 3.8) is 0 Å². The second kappa shape index (κ2) is 7.49. The van der Waals surface area contributed by atoms with Crippen molar-refractivity contribution in [1.29, 1.82) is 0 Å². The van der Waals surface area contributed by atoms with Crippen LogP contribution in [0.3, 0.4) is 0 Å². The maximum Gasteiger partial charge on any atom is 0.299 e.